The smallest absolute Gasteiger partial charge is 0.322 e. The lowest BCUT2D eigenvalue weighted by Gasteiger charge is -2.18. The van der Waals surface area contributed by atoms with E-state index < -0.39 is 27.0 Å². The van der Waals surface area contributed by atoms with Crippen LogP contribution in [0.5, 0.6) is 0 Å². The number of sulfonamides is 1. The van der Waals surface area contributed by atoms with E-state index in [0.29, 0.717) is 28.2 Å². The van der Waals surface area contributed by atoms with Crippen LogP contribution < -0.4 is 15.4 Å². The molecule has 0 aromatic heterocycles. The van der Waals surface area contributed by atoms with Gasteiger partial charge in [0, 0.05) is 11.7 Å². The van der Waals surface area contributed by atoms with Gasteiger partial charge >= 0.3 is 5.97 Å². The number of carboxylic acid groups (broad SMARTS) is 1. The van der Waals surface area contributed by atoms with Crippen molar-refractivity contribution in [2.75, 3.05) is 5.32 Å². The van der Waals surface area contributed by atoms with Crippen LogP contribution in [-0.2, 0) is 21.2 Å². The van der Waals surface area contributed by atoms with Gasteiger partial charge in [0.15, 0.2) is 5.82 Å². The Balaban J connectivity index is 1.49. The van der Waals surface area contributed by atoms with Gasteiger partial charge in [-0.2, -0.15) is 4.72 Å². The van der Waals surface area contributed by atoms with Gasteiger partial charge in [-0.1, -0.05) is 54.1 Å². The van der Waals surface area contributed by atoms with Gasteiger partial charge in [-0.05, 0) is 80.0 Å². The lowest BCUT2D eigenvalue weighted by atomic mass is 10.0. The van der Waals surface area contributed by atoms with E-state index in [1.807, 2.05) is 37.3 Å². The summed E-state index contributed by atoms with van der Waals surface area (Å²) in [7, 11) is -4.07. The van der Waals surface area contributed by atoms with Gasteiger partial charge in [0.2, 0.25) is 10.0 Å². The zero-order chi connectivity index (χ0) is 29.0. The first kappa shape index (κ1) is 28.8. The van der Waals surface area contributed by atoms with Crippen molar-refractivity contribution < 1.29 is 23.2 Å². The van der Waals surface area contributed by atoms with Crippen molar-refractivity contribution >= 4 is 21.7 Å². The number of anilines is 1. The molecule has 0 aliphatic heterocycles. The van der Waals surface area contributed by atoms with Gasteiger partial charge in [-0.25, -0.2) is 8.42 Å². The van der Waals surface area contributed by atoms with E-state index in [0.717, 1.165) is 35.7 Å². The predicted octanol–water partition coefficient (Wildman–Crippen LogP) is 4.49. The molecule has 0 heterocycles. The van der Waals surface area contributed by atoms with Crippen LogP contribution in [-0.4, -0.2) is 36.5 Å². The lowest BCUT2D eigenvalue weighted by molar-refractivity contribution is -0.403. The number of rotatable bonds is 12. The summed E-state index contributed by atoms with van der Waals surface area (Å²) in [6.45, 7) is 5.25. The molecule has 0 amide bonds. The molecule has 0 bridgehead atoms. The van der Waals surface area contributed by atoms with E-state index >= 15 is 0 Å². The van der Waals surface area contributed by atoms with Crippen LogP contribution in [0.15, 0.2) is 77.6 Å². The molecule has 10 nitrogen and oxygen atoms in total. The van der Waals surface area contributed by atoms with Crippen LogP contribution in [0.3, 0.4) is 0 Å². The topological polar surface area (TPSA) is 151 Å². The number of nitrogens with zero attached hydrogens (tertiary/aromatic N) is 1. The number of hydrogen-bond acceptors (Lipinski definition) is 7. The Labute approximate surface area is 233 Å². The van der Waals surface area contributed by atoms with Crippen molar-refractivity contribution in [1.82, 2.24) is 10.0 Å². The maximum atomic E-state index is 13.1. The molecule has 1 aliphatic carbocycles. The summed E-state index contributed by atoms with van der Waals surface area (Å²) < 4.78 is 28.6. The molecule has 3 aromatic carbocycles. The van der Waals surface area contributed by atoms with Gasteiger partial charge in [0.1, 0.15) is 6.04 Å². The molecule has 40 heavy (non-hydrogen) atoms. The summed E-state index contributed by atoms with van der Waals surface area (Å²) in [6, 6.07) is 16.9. The van der Waals surface area contributed by atoms with E-state index in [1.165, 1.54) is 0 Å². The number of carbonyl (C=O) groups is 1. The molecule has 0 unspecified atom stereocenters. The van der Waals surface area contributed by atoms with Crippen LogP contribution in [0.2, 0.25) is 0 Å². The van der Waals surface area contributed by atoms with Crippen LogP contribution in [0.1, 0.15) is 35.1 Å². The molecule has 0 spiro atoms. The second kappa shape index (κ2) is 11.9. The highest BCUT2D eigenvalue weighted by Gasteiger charge is 2.28. The maximum Gasteiger partial charge on any atom is 0.322 e. The number of nitro groups is 1. The number of aryl methyl sites for hydroxylation is 3. The molecule has 4 N–H and O–H groups in total. The van der Waals surface area contributed by atoms with Crippen molar-refractivity contribution in [1.29, 1.82) is 0 Å². The van der Waals surface area contributed by atoms with E-state index in [9.17, 15) is 28.4 Å². The molecule has 1 saturated carbocycles. The Morgan fingerprint density at radius 3 is 2.27 bits per heavy atom. The maximum absolute atomic E-state index is 13.1. The number of hydrogen-bond donors (Lipinski definition) is 4. The fraction of sp³-hybridized carbons (Fsp3) is 0.276. The normalized spacial score (nSPS) is 14.4. The van der Waals surface area contributed by atoms with Crippen molar-refractivity contribution in [3.63, 3.8) is 0 Å². The third-order valence-electron chi connectivity index (χ3n) is 6.51. The fourth-order valence-electron chi connectivity index (χ4n) is 4.68. The molecular weight excluding hydrogens is 532 g/mol. The van der Waals surface area contributed by atoms with E-state index in [1.54, 1.807) is 44.2 Å². The minimum absolute atomic E-state index is 0.0394. The number of nitrogens with one attached hydrogen (secondary N) is 3. The second-order valence-corrected chi connectivity index (χ2v) is 11.7. The second-order valence-electron chi connectivity index (χ2n) is 10.1. The van der Waals surface area contributed by atoms with Crippen molar-refractivity contribution in [2.45, 2.75) is 57.0 Å². The van der Waals surface area contributed by atoms with Gasteiger partial charge < -0.3 is 15.7 Å². The summed E-state index contributed by atoms with van der Waals surface area (Å²) >= 11 is 0. The quantitative estimate of drug-likeness (QED) is 0.186. The zero-order valence-corrected chi connectivity index (χ0v) is 23.3. The lowest BCUT2D eigenvalue weighted by Crippen LogP contribution is -2.42. The highest BCUT2D eigenvalue weighted by Crippen LogP contribution is 2.26. The molecule has 1 aliphatic rings. The molecule has 0 saturated heterocycles. The molecule has 4 rings (SSSR count). The Morgan fingerprint density at radius 1 is 1.05 bits per heavy atom. The summed E-state index contributed by atoms with van der Waals surface area (Å²) in [5, 5.41) is 27.0. The first-order valence-corrected chi connectivity index (χ1v) is 14.3. The summed E-state index contributed by atoms with van der Waals surface area (Å²) in [6.07, 6.45) is 2.81. The summed E-state index contributed by atoms with van der Waals surface area (Å²) in [4.78, 5) is 22.6. The number of aliphatic carboxylic acids is 1. The Bertz CT molecular complexity index is 1540. The Morgan fingerprint density at radius 2 is 1.70 bits per heavy atom. The summed E-state index contributed by atoms with van der Waals surface area (Å²) in [5.74, 6) is -0.953. The van der Waals surface area contributed by atoms with Gasteiger partial charge in [-0.3, -0.25) is 14.9 Å². The highest BCUT2D eigenvalue weighted by atomic mass is 32.2. The van der Waals surface area contributed by atoms with E-state index in [2.05, 4.69) is 15.4 Å². The van der Waals surface area contributed by atoms with Crippen molar-refractivity contribution in [3.05, 3.63) is 105 Å². The molecule has 1 atom stereocenters. The molecule has 210 valence electrons. The molecule has 3 aromatic rings. The first-order chi connectivity index (χ1) is 18.9. The predicted molar refractivity (Wildman–Crippen MR) is 153 cm³/mol. The van der Waals surface area contributed by atoms with Crippen molar-refractivity contribution in [2.24, 2.45) is 0 Å². The van der Waals surface area contributed by atoms with E-state index in [4.69, 9.17) is 0 Å². The fourth-order valence-corrected chi connectivity index (χ4v) is 6.32. The average Bonchev–Trinajstić information content (AvgIpc) is 3.67. The number of benzene rings is 3. The highest BCUT2D eigenvalue weighted by molar-refractivity contribution is 7.89. The third-order valence-corrected chi connectivity index (χ3v) is 8.29. The summed E-state index contributed by atoms with van der Waals surface area (Å²) in [5.41, 5.74) is 5.05. The Hall–Kier alpha value is -4.22. The molecule has 1 fully saturated rings. The molecular formula is C29H32N4O6S. The zero-order valence-electron chi connectivity index (χ0n) is 22.5. The molecule has 11 heteroatoms. The minimum atomic E-state index is -4.07. The van der Waals surface area contributed by atoms with Gasteiger partial charge in [-0.15, -0.1) is 0 Å². The van der Waals surface area contributed by atoms with Crippen LogP contribution in [0.4, 0.5) is 5.69 Å². The van der Waals surface area contributed by atoms with Gasteiger partial charge in [0.25, 0.3) is 6.20 Å². The van der Waals surface area contributed by atoms with Crippen LogP contribution in [0.25, 0.3) is 11.1 Å². The van der Waals surface area contributed by atoms with Crippen LogP contribution in [0, 0.1) is 30.9 Å². The Kier molecular flexibility index (Phi) is 8.55. The SMILES string of the molecule is Cc1cc(C)c(S(=O)(=O)N[C@@H](Cc2ccc(-c3cccc(N/C(=C/[N+](=O)[O-])NC4CC4)c3)cc2)C(=O)O)c(C)c1. The first-order valence-electron chi connectivity index (χ1n) is 12.8. The standard InChI is InChI=1S/C29H32N4O6S/c1-18-13-19(2)28(20(3)14-18)40(38,39)32-26(29(34)35)15-21-7-9-22(10-8-21)23-5-4-6-25(16-23)31-27(17-33(36)37)30-24-11-12-24/h4-10,13-14,16-17,24,26,30-32H,11-12,15H2,1-3H3,(H,34,35)/b27-17+/t26-/m0/s1. The minimum Gasteiger partial charge on any atom is -0.480 e. The van der Waals surface area contributed by atoms with Crippen LogP contribution >= 0.6 is 0 Å². The largest absolute Gasteiger partial charge is 0.480 e. The van der Waals surface area contributed by atoms with E-state index in [-0.39, 0.29) is 17.4 Å². The monoisotopic (exact) mass is 564 g/mol. The third kappa shape index (κ3) is 7.45. The number of carboxylic acids is 1. The molecule has 0 radical (unpaired) electrons. The van der Waals surface area contributed by atoms with Gasteiger partial charge in [0.05, 0.1) is 9.82 Å². The average molecular weight is 565 g/mol. The van der Waals surface area contributed by atoms with Crippen molar-refractivity contribution in [3.8, 4) is 11.1 Å².